The third-order valence-electron chi connectivity index (χ3n) is 4.67. The molecule has 9 heteroatoms. The van der Waals surface area contributed by atoms with Crippen molar-refractivity contribution >= 4 is 57.1 Å². The van der Waals surface area contributed by atoms with E-state index < -0.39 is 0 Å². The van der Waals surface area contributed by atoms with Gasteiger partial charge in [-0.1, -0.05) is 23.2 Å². The largest absolute Gasteiger partial charge is 0.368 e. The molecule has 1 amide bonds. The highest BCUT2D eigenvalue weighted by Crippen LogP contribution is 2.22. The number of benzene rings is 1. The average Bonchev–Trinajstić information content (AvgIpc) is 3.17. The minimum atomic E-state index is 0.0993. The molecule has 3 heterocycles. The Morgan fingerprint density at radius 2 is 1.76 bits per heavy atom. The summed E-state index contributed by atoms with van der Waals surface area (Å²) >= 11 is 13.3. The lowest BCUT2D eigenvalue weighted by Crippen LogP contribution is -2.49. The zero-order valence-electron chi connectivity index (χ0n) is 15.5. The molecule has 1 fully saturated rings. The highest BCUT2D eigenvalue weighted by atomic mass is 35.5. The van der Waals surface area contributed by atoms with E-state index in [9.17, 15) is 4.79 Å². The molecule has 150 valence electrons. The minimum absolute atomic E-state index is 0.0993. The predicted molar refractivity (Wildman–Crippen MR) is 119 cm³/mol. The first-order valence-electron chi connectivity index (χ1n) is 9.18. The van der Waals surface area contributed by atoms with Gasteiger partial charge in [0.15, 0.2) is 5.13 Å². The molecule has 6 nitrogen and oxygen atoms in total. The number of carbonyl (C=O) groups is 1. The summed E-state index contributed by atoms with van der Waals surface area (Å²) in [7, 11) is 0. The Bertz CT molecular complexity index is 969. The number of nitrogens with zero attached hydrogens (tertiary/aromatic N) is 4. The third kappa shape index (κ3) is 5.18. The van der Waals surface area contributed by atoms with Crippen LogP contribution in [0.2, 0.25) is 10.0 Å². The molecule has 4 rings (SSSR count). The molecular formula is C20H19Cl2N5OS. The number of aromatic nitrogens is 2. The number of pyridine rings is 1. The Labute approximate surface area is 183 Å². The van der Waals surface area contributed by atoms with Gasteiger partial charge in [-0.15, -0.1) is 11.3 Å². The zero-order valence-corrected chi connectivity index (χ0v) is 17.8. The molecule has 1 saturated heterocycles. The highest BCUT2D eigenvalue weighted by molar-refractivity contribution is 7.13. The van der Waals surface area contributed by atoms with Crippen molar-refractivity contribution in [2.45, 2.75) is 6.42 Å². The number of hydrogen-bond acceptors (Lipinski definition) is 6. The van der Waals surface area contributed by atoms with Gasteiger partial charge < -0.3 is 15.1 Å². The van der Waals surface area contributed by atoms with Gasteiger partial charge >= 0.3 is 0 Å². The molecule has 0 aliphatic carbocycles. The Kier molecular flexibility index (Phi) is 6.18. The summed E-state index contributed by atoms with van der Waals surface area (Å²) in [5.74, 6) is 0.766. The number of piperazine rings is 1. The number of thiazole rings is 1. The summed E-state index contributed by atoms with van der Waals surface area (Å²) in [5.41, 5.74) is 1.89. The number of anilines is 3. The first-order chi connectivity index (χ1) is 14.1. The van der Waals surface area contributed by atoms with E-state index >= 15 is 0 Å². The quantitative estimate of drug-likeness (QED) is 0.624. The standard InChI is InChI=1S/C20H19Cl2N5OS/c21-14-1-4-17(5-2-14)26-7-9-27(10-8-26)19(28)11-16-13-29-20(24-16)25-18-6-3-15(22)12-23-18/h1-6,12-13H,7-11H2,(H,23,24,25). The summed E-state index contributed by atoms with van der Waals surface area (Å²) in [6.45, 7) is 3.01. The van der Waals surface area contributed by atoms with Crippen LogP contribution in [-0.2, 0) is 11.2 Å². The molecule has 1 aliphatic heterocycles. The van der Waals surface area contributed by atoms with Gasteiger partial charge in [0.25, 0.3) is 0 Å². The molecule has 0 atom stereocenters. The zero-order chi connectivity index (χ0) is 20.2. The second-order valence-electron chi connectivity index (χ2n) is 6.65. The van der Waals surface area contributed by atoms with Crippen molar-refractivity contribution in [1.29, 1.82) is 0 Å². The topological polar surface area (TPSA) is 61.4 Å². The number of carbonyl (C=O) groups excluding carboxylic acids is 1. The van der Waals surface area contributed by atoms with E-state index in [0.717, 1.165) is 29.5 Å². The minimum Gasteiger partial charge on any atom is -0.368 e. The van der Waals surface area contributed by atoms with Crippen LogP contribution in [0, 0.1) is 0 Å². The molecule has 2 aromatic heterocycles. The van der Waals surface area contributed by atoms with Crippen LogP contribution in [-0.4, -0.2) is 47.0 Å². The van der Waals surface area contributed by atoms with Gasteiger partial charge in [0.05, 0.1) is 17.1 Å². The van der Waals surface area contributed by atoms with Crippen LogP contribution < -0.4 is 10.2 Å². The van der Waals surface area contributed by atoms with Crippen LogP contribution in [0.15, 0.2) is 48.0 Å². The van der Waals surface area contributed by atoms with Gasteiger partial charge in [-0.2, -0.15) is 0 Å². The number of amides is 1. The summed E-state index contributed by atoms with van der Waals surface area (Å²) in [5, 5.41) is 7.04. The van der Waals surface area contributed by atoms with Crippen LogP contribution in [0.4, 0.5) is 16.6 Å². The fourth-order valence-electron chi connectivity index (χ4n) is 3.14. The molecule has 1 aliphatic rings. The normalized spacial score (nSPS) is 14.1. The summed E-state index contributed by atoms with van der Waals surface area (Å²) in [4.78, 5) is 25.5. The van der Waals surface area contributed by atoms with Crippen molar-refractivity contribution in [2.24, 2.45) is 0 Å². The predicted octanol–water partition coefficient (Wildman–Crippen LogP) is 4.48. The van der Waals surface area contributed by atoms with E-state index in [2.05, 4.69) is 20.2 Å². The van der Waals surface area contributed by atoms with Crippen LogP contribution in [0.3, 0.4) is 0 Å². The maximum atomic E-state index is 12.7. The van der Waals surface area contributed by atoms with Gasteiger partial charge in [-0.3, -0.25) is 4.79 Å². The van der Waals surface area contributed by atoms with E-state index in [1.165, 1.54) is 11.3 Å². The lowest BCUT2D eigenvalue weighted by atomic mass is 10.2. The fraction of sp³-hybridized carbons (Fsp3) is 0.250. The second-order valence-corrected chi connectivity index (χ2v) is 8.38. The summed E-state index contributed by atoms with van der Waals surface area (Å²) in [6, 6.07) is 11.4. The summed E-state index contributed by atoms with van der Waals surface area (Å²) < 4.78 is 0. The van der Waals surface area contributed by atoms with Crippen molar-refractivity contribution in [1.82, 2.24) is 14.9 Å². The molecule has 0 bridgehead atoms. The van der Waals surface area contributed by atoms with E-state index in [1.807, 2.05) is 34.5 Å². The van der Waals surface area contributed by atoms with Gasteiger partial charge in [0.1, 0.15) is 5.82 Å². The SMILES string of the molecule is O=C(Cc1csc(Nc2ccc(Cl)cn2)n1)N1CCN(c2ccc(Cl)cc2)CC1. The molecule has 1 aromatic carbocycles. The van der Waals surface area contributed by atoms with E-state index in [1.54, 1.807) is 18.3 Å². The fourth-order valence-corrected chi connectivity index (χ4v) is 4.09. The van der Waals surface area contributed by atoms with E-state index in [0.29, 0.717) is 35.5 Å². The Morgan fingerprint density at radius 1 is 1.03 bits per heavy atom. The molecule has 0 spiro atoms. The number of halogens is 2. The highest BCUT2D eigenvalue weighted by Gasteiger charge is 2.22. The van der Waals surface area contributed by atoms with E-state index in [4.69, 9.17) is 23.2 Å². The third-order valence-corrected chi connectivity index (χ3v) is 5.95. The second kappa shape index (κ2) is 8.98. The first kappa shape index (κ1) is 19.9. The van der Waals surface area contributed by atoms with Crippen molar-refractivity contribution in [3.05, 3.63) is 63.7 Å². The number of nitrogens with one attached hydrogen (secondary N) is 1. The lowest BCUT2D eigenvalue weighted by Gasteiger charge is -2.36. The molecule has 0 saturated carbocycles. The van der Waals surface area contributed by atoms with Gasteiger partial charge in [-0.25, -0.2) is 9.97 Å². The lowest BCUT2D eigenvalue weighted by molar-refractivity contribution is -0.130. The Balaban J connectivity index is 1.29. The van der Waals surface area contributed by atoms with Gasteiger partial charge in [0.2, 0.25) is 5.91 Å². The average molecular weight is 448 g/mol. The maximum Gasteiger partial charge on any atom is 0.228 e. The van der Waals surface area contributed by atoms with Crippen molar-refractivity contribution in [3.63, 3.8) is 0 Å². The molecule has 29 heavy (non-hydrogen) atoms. The van der Waals surface area contributed by atoms with Crippen molar-refractivity contribution in [2.75, 3.05) is 36.4 Å². The van der Waals surface area contributed by atoms with E-state index in [-0.39, 0.29) is 5.91 Å². The molecule has 0 radical (unpaired) electrons. The molecular weight excluding hydrogens is 429 g/mol. The molecule has 0 unspecified atom stereocenters. The summed E-state index contributed by atoms with van der Waals surface area (Å²) in [6.07, 6.45) is 1.87. The van der Waals surface area contributed by atoms with Crippen molar-refractivity contribution in [3.8, 4) is 0 Å². The maximum absolute atomic E-state index is 12.7. The van der Waals surface area contributed by atoms with Crippen molar-refractivity contribution < 1.29 is 4.79 Å². The molecule has 1 N–H and O–H groups in total. The van der Waals surface area contributed by atoms with Gasteiger partial charge in [-0.05, 0) is 36.4 Å². The molecule has 3 aromatic rings. The smallest absolute Gasteiger partial charge is 0.228 e. The van der Waals surface area contributed by atoms with Crippen LogP contribution in [0.25, 0.3) is 0 Å². The number of rotatable bonds is 5. The Hall–Kier alpha value is -2.35. The van der Waals surface area contributed by atoms with Crippen LogP contribution in [0.5, 0.6) is 0 Å². The van der Waals surface area contributed by atoms with Gasteiger partial charge in [0, 0.05) is 48.5 Å². The van der Waals surface area contributed by atoms with Crippen LogP contribution in [0.1, 0.15) is 5.69 Å². The first-order valence-corrected chi connectivity index (χ1v) is 10.8. The number of hydrogen-bond donors (Lipinski definition) is 1. The monoisotopic (exact) mass is 447 g/mol. The Morgan fingerprint density at radius 3 is 2.45 bits per heavy atom. The van der Waals surface area contributed by atoms with Crippen LogP contribution >= 0.6 is 34.5 Å².